The molecule has 166 valence electrons. The molecule has 0 fully saturated rings. The highest BCUT2D eigenvalue weighted by Crippen LogP contribution is 2.50. The van der Waals surface area contributed by atoms with Crippen molar-refractivity contribution in [3.05, 3.63) is 57.8 Å². The molecule has 4 rings (SSSR count). The standard InChI is InChI=1S/C24H23NO6S/c1-4-31-17-10-7-14(11-18(17)30-3)16-12-19(26)25-21-20(23(24(27)28)32-22(16)21)13-5-8-15(29-2)9-6-13/h5-11,16H,4,12H2,1-3H3,(H,25,26)(H,27,28). The molecule has 3 aromatic rings. The number of carboxylic acids is 1. The van der Waals surface area contributed by atoms with E-state index >= 15 is 0 Å². The third-order valence-electron chi connectivity index (χ3n) is 5.37. The molecule has 0 bridgehead atoms. The van der Waals surface area contributed by atoms with Crippen molar-refractivity contribution in [1.82, 2.24) is 0 Å². The molecule has 2 aromatic carbocycles. The zero-order valence-electron chi connectivity index (χ0n) is 17.9. The van der Waals surface area contributed by atoms with Crippen molar-refractivity contribution < 1.29 is 28.9 Å². The Bertz CT molecular complexity index is 1170. The Balaban J connectivity index is 1.86. The van der Waals surface area contributed by atoms with Gasteiger partial charge in [0.1, 0.15) is 10.6 Å². The number of hydrogen-bond acceptors (Lipinski definition) is 6. The number of hydrogen-bond donors (Lipinski definition) is 2. The zero-order chi connectivity index (χ0) is 22.8. The van der Waals surface area contributed by atoms with Gasteiger partial charge in [-0.1, -0.05) is 18.2 Å². The van der Waals surface area contributed by atoms with Gasteiger partial charge >= 0.3 is 5.97 Å². The van der Waals surface area contributed by atoms with Crippen LogP contribution in [0.25, 0.3) is 11.1 Å². The predicted molar refractivity (Wildman–Crippen MR) is 123 cm³/mol. The highest BCUT2D eigenvalue weighted by atomic mass is 32.1. The third kappa shape index (κ3) is 3.89. The second kappa shape index (κ2) is 8.92. The zero-order valence-corrected chi connectivity index (χ0v) is 18.7. The van der Waals surface area contributed by atoms with Crippen molar-refractivity contribution in [3.8, 4) is 28.4 Å². The number of rotatable bonds is 7. The minimum absolute atomic E-state index is 0.167. The number of nitrogens with one attached hydrogen (secondary N) is 1. The normalized spacial score (nSPS) is 15.0. The number of benzene rings is 2. The van der Waals surface area contributed by atoms with E-state index in [1.165, 1.54) is 11.3 Å². The van der Waals surface area contributed by atoms with Gasteiger partial charge < -0.3 is 24.6 Å². The Morgan fingerprint density at radius 3 is 2.50 bits per heavy atom. The van der Waals surface area contributed by atoms with Crippen molar-refractivity contribution in [1.29, 1.82) is 0 Å². The lowest BCUT2D eigenvalue weighted by Crippen LogP contribution is -2.22. The van der Waals surface area contributed by atoms with Gasteiger partial charge in [-0.2, -0.15) is 0 Å². The summed E-state index contributed by atoms with van der Waals surface area (Å²) in [5.74, 6) is 0.363. The van der Waals surface area contributed by atoms with Crippen molar-refractivity contribution >= 4 is 28.9 Å². The van der Waals surface area contributed by atoms with Gasteiger partial charge in [0.15, 0.2) is 11.5 Å². The molecule has 8 heteroatoms. The van der Waals surface area contributed by atoms with Crippen LogP contribution >= 0.6 is 11.3 Å². The topological polar surface area (TPSA) is 94.1 Å². The molecule has 0 spiro atoms. The Morgan fingerprint density at radius 1 is 1.12 bits per heavy atom. The maximum atomic E-state index is 12.7. The second-order valence-electron chi connectivity index (χ2n) is 7.23. The molecule has 1 aliphatic rings. The summed E-state index contributed by atoms with van der Waals surface area (Å²) in [6, 6.07) is 12.7. The number of carbonyl (C=O) groups is 2. The summed E-state index contributed by atoms with van der Waals surface area (Å²) in [6.45, 7) is 2.40. The molecule has 2 N–H and O–H groups in total. The van der Waals surface area contributed by atoms with Crippen molar-refractivity contribution in [2.24, 2.45) is 0 Å². The fourth-order valence-electron chi connectivity index (χ4n) is 3.92. The molecule has 1 atom stereocenters. The fraction of sp³-hybridized carbons (Fsp3) is 0.250. The van der Waals surface area contributed by atoms with Crippen molar-refractivity contribution in [3.63, 3.8) is 0 Å². The molecule has 1 aliphatic heterocycles. The number of amides is 1. The van der Waals surface area contributed by atoms with E-state index in [1.54, 1.807) is 38.5 Å². The lowest BCUT2D eigenvalue weighted by atomic mass is 9.88. The van der Waals surface area contributed by atoms with Crippen LogP contribution in [0.1, 0.15) is 39.4 Å². The van der Waals surface area contributed by atoms with E-state index in [0.29, 0.717) is 40.7 Å². The molecule has 1 aromatic heterocycles. The van der Waals surface area contributed by atoms with Gasteiger partial charge in [0.25, 0.3) is 0 Å². The SMILES string of the molecule is CCOc1ccc(C2CC(=O)Nc3c2sc(C(=O)O)c3-c2ccc(OC)cc2)cc1OC. The average molecular weight is 454 g/mol. The molecular formula is C24H23NO6S. The van der Waals surface area contributed by atoms with Gasteiger partial charge in [0, 0.05) is 22.8 Å². The number of methoxy groups -OCH3 is 2. The van der Waals surface area contributed by atoms with Crippen LogP contribution in [-0.2, 0) is 4.79 Å². The molecular weight excluding hydrogens is 430 g/mol. The number of thiophene rings is 1. The van der Waals surface area contributed by atoms with E-state index in [9.17, 15) is 14.7 Å². The molecule has 0 radical (unpaired) electrons. The van der Waals surface area contributed by atoms with Gasteiger partial charge in [-0.05, 0) is 42.3 Å². The Kier molecular flexibility index (Phi) is 6.05. The van der Waals surface area contributed by atoms with E-state index in [1.807, 2.05) is 25.1 Å². The molecule has 7 nitrogen and oxygen atoms in total. The summed E-state index contributed by atoms with van der Waals surface area (Å²) in [6.07, 6.45) is 0.214. The summed E-state index contributed by atoms with van der Waals surface area (Å²) in [4.78, 5) is 25.8. The molecule has 0 saturated carbocycles. The Hall–Kier alpha value is -3.52. The van der Waals surface area contributed by atoms with Gasteiger partial charge in [-0.15, -0.1) is 11.3 Å². The van der Waals surface area contributed by atoms with Crippen LogP contribution in [0.2, 0.25) is 0 Å². The summed E-state index contributed by atoms with van der Waals surface area (Å²) < 4.78 is 16.3. The Morgan fingerprint density at radius 2 is 1.88 bits per heavy atom. The smallest absolute Gasteiger partial charge is 0.346 e. The molecule has 0 aliphatic carbocycles. The first-order chi connectivity index (χ1) is 15.5. The maximum Gasteiger partial charge on any atom is 0.346 e. The quantitative estimate of drug-likeness (QED) is 0.523. The third-order valence-corrected chi connectivity index (χ3v) is 6.66. The number of fused-ring (bicyclic) bond motifs is 1. The van der Waals surface area contributed by atoms with Crippen molar-refractivity contribution in [2.45, 2.75) is 19.3 Å². The van der Waals surface area contributed by atoms with Crippen molar-refractivity contribution in [2.75, 3.05) is 26.1 Å². The summed E-state index contributed by atoms with van der Waals surface area (Å²) in [7, 11) is 3.14. The summed E-state index contributed by atoms with van der Waals surface area (Å²) in [5, 5.41) is 12.8. The van der Waals surface area contributed by atoms with E-state index < -0.39 is 5.97 Å². The van der Waals surface area contributed by atoms with E-state index in [-0.39, 0.29) is 23.1 Å². The van der Waals surface area contributed by atoms with Gasteiger partial charge in [0.2, 0.25) is 5.91 Å². The first kappa shape index (κ1) is 21.7. The van der Waals surface area contributed by atoms with Crippen LogP contribution in [-0.4, -0.2) is 37.8 Å². The van der Waals surface area contributed by atoms with Crippen LogP contribution in [0.3, 0.4) is 0 Å². The van der Waals surface area contributed by atoms with Gasteiger partial charge in [0.05, 0.1) is 26.5 Å². The minimum atomic E-state index is -1.03. The predicted octanol–water partition coefficient (Wildman–Crippen LogP) is 5.00. The van der Waals surface area contributed by atoms with Crippen LogP contribution in [0.5, 0.6) is 17.2 Å². The summed E-state index contributed by atoms with van der Waals surface area (Å²) >= 11 is 1.19. The number of carbonyl (C=O) groups excluding carboxylic acids is 1. The number of ether oxygens (including phenoxy) is 3. The highest BCUT2D eigenvalue weighted by Gasteiger charge is 2.34. The van der Waals surface area contributed by atoms with E-state index in [2.05, 4.69) is 5.32 Å². The fourth-order valence-corrected chi connectivity index (χ4v) is 5.16. The van der Waals surface area contributed by atoms with E-state index in [0.717, 1.165) is 10.4 Å². The van der Waals surface area contributed by atoms with Crippen LogP contribution in [0.4, 0.5) is 5.69 Å². The average Bonchev–Trinajstić information content (AvgIpc) is 3.18. The molecule has 32 heavy (non-hydrogen) atoms. The van der Waals surface area contributed by atoms with E-state index in [4.69, 9.17) is 14.2 Å². The van der Waals surface area contributed by atoms with Gasteiger partial charge in [-0.25, -0.2) is 4.79 Å². The van der Waals surface area contributed by atoms with Crippen LogP contribution in [0.15, 0.2) is 42.5 Å². The lowest BCUT2D eigenvalue weighted by molar-refractivity contribution is -0.116. The number of anilines is 1. The first-order valence-electron chi connectivity index (χ1n) is 10.1. The second-order valence-corrected chi connectivity index (χ2v) is 8.28. The number of carboxylic acid groups (broad SMARTS) is 1. The van der Waals surface area contributed by atoms with Crippen LogP contribution < -0.4 is 19.5 Å². The largest absolute Gasteiger partial charge is 0.497 e. The minimum Gasteiger partial charge on any atom is -0.497 e. The molecule has 2 heterocycles. The molecule has 0 saturated heterocycles. The highest BCUT2D eigenvalue weighted by molar-refractivity contribution is 7.15. The number of aromatic carboxylic acids is 1. The summed E-state index contributed by atoms with van der Waals surface area (Å²) in [5.41, 5.74) is 2.62. The Labute approximate surface area is 189 Å². The monoisotopic (exact) mass is 453 g/mol. The van der Waals surface area contributed by atoms with Crippen LogP contribution in [0, 0.1) is 0 Å². The maximum absolute atomic E-state index is 12.7. The molecule has 1 amide bonds. The molecule has 1 unspecified atom stereocenters. The lowest BCUT2D eigenvalue weighted by Gasteiger charge is -2.24. The van der Waals surface area contributed by atoms with Gasteiger partial charge in [-0.3, -0.25) is 4.79 Å². The first-order valence-corrected chi connectivity index (χ1v) is 10.9.